The number of hydrogen-bond donors (Lipinski definition) is 1. The zero-order valence-electron chi connectivity index (χ0n) is 10.5. The van der Waals surface area contributed by atoms with Crippen LogP contribution in [0.25, 0.3) is 0 Å². The van der Waals surface area contributed by atoms with Gasteiger partial charge in [-0.3, -0.25) is 4.72 Å². The lowest BCUT2D eigenvalue weighted by Gasteiger charge is -2.11. The van der Waals surface area contributed by atoms with Gasteiger partial charge >= 0.3 is 0 Å². The van der Waals surface area contributed by atoms with Crippen molar-refractivity contribution in [3.8, 4) is 0 Å². The molecule has 1 N–H and O–H groups in total. The minimum Gasteiger partial charge on any atom is -0.278 e. The molecule has 0 saturated heterocycles. The van der Waals surface area contributed by atoms with Crippen LogP contribution in [0, 0.1) is 0 Å². The first-order valence-corrected chi connectivity index (χ1v) is 7.89. The number of nitrogens with zero attached hydrogens (tertiary/aromatic N) is 3. The van der Waals surface area contributed by atoms with Crippen LogP contribution in [-0.2, 0) is 23.5 Å². The summed E-state index contributed by atoms with van der Waals surface area (Å²) in [6.07, 6.45) is 0.740. The molecule has 0 aliphatic rings. The lowest BCUT2D eigenvalue weighted by atomic mass is 10.1. The maximum Gasteiger partial charge on any atom is 0.281 e. The van der Waals surface area contributed by atoms with Crippen molar-refractivity contribution in [2.24, 2.45) is 7.05 Å². The third kappa shape index (κ3) is 2.79. The second-order valence-corrected chi connectivity index (χ2v) is 6.27. The number of anilines is 1. The molecular weight excluding hydrogens is 332 g/mol. The first kappa shape index (κ1) is 14.0. The molecule has 102 valence electrons. The Labute approximate surface area is 120 Å². The van der Waals surface area contributed by atoms with Crippen LogP contribution in [0.1, 0.15) is 12.5 Å². The zero-order valence-corrected chi connectivity index (χ0v) is 12.9. The van der Waals surface area contributed by atoms with E-state index in [1.807, 2.05) is 19.1 Å². The molecule has 0 aliphatic carbocycles. The van der Waals surface area contributed by atoms with Gasteiger partial charge in [-0.25, -0.2) is 4.68 Å². The topological polar surface area (TPSA) is 76.9 Å². The Kier molecular flexibility index (Phi) is 3.91. The van der Waals surface area contributed by atoms with E-state index in [2.05, 4.69) is 31.0 Å². The fourth-order valence-corrected chi connectivity index (χ4v) is 3.93. The Bertz CT molecular complexity index is 677. The first-order chi connectivity index (χ1) is 8.95. The van der Waals surface area contributed by atoms with Crippen LogP contribution in [0.2, 0.25) is 0 Å². The van der Waals surface area contributed by atoms with Gasteiger partial charge in [0, 0.05) is 7.05 Å². The fraction of sp³-hybridized carbons (Fsp3) is 0.273. The van der Waals surface area contributed by atoms with E-state index in [1.54, 1.807) is 12.1 Å². The van der Waals surface area contributed by atoms with Gasteiger partial charge in [-0.1, -0.05) is 30.3 Å². The minimum absolute atomic E-state index is 0.00148. The van der Waals surface area contributed by atoms with Crippen LogP contribution in [0.3, 0.4) is 0 Å². The average molecular weight is 345 g/mol. The van der Waals surface area contributed by atoms with Crippen LogP contribution in [0.5, 0.6) is 0 Å². The van der Waals surface area contributed by atoms with E-state index in [1.165, 1.54) is 11.7 Å². The largest absolute Gasteiger partial charge is 0.281 e. The highest BCUT2D eigenvalue weighted by atomic mass is 79.9. The molecule has 0 radical (unpaired) electrons. The molecule has 0 unspecified atom stereocenters. The smallest absolute Gasteiger partial charge is 0.278 e. The Morgan fingerprint density at radius 2 is 2.05 bits per heavy atom. The van der Waals surface area contributed by atoms with Gasteiger partial charge in [0.2, 0.25) is 5.03 Å². The number of aromatic nitrogens is 3. The second-order valence-electron chi connectivity index (χ2n) is 3.93. The number of aryl methyl sites for hydroxylation is 2. The van der Waals surface area contributed by atoms with Gasteiger partial charge in [0.25, 0.3) is 10.0 Å². The summed E-state index contributed by atoms with van der Waals surface area (Å²) in [6, 6.07) is 7.27. The summed E-state index contributed by atoms with van der Waals surface area (Å²) in [6.45, 7) is 1.97. The molecule has 0 saturated carbocycles. The molecule has 1 aromatic carbocycles. The van der Waals surface area contributed by atoms with E-state index in [4.69, 9.17) is 0 Å². The monoisotopic (exact) mass is 344 g/mol. The summed E-state index contributed by atoms with van der Waals surface area (Å²) in [7, 11) is -2.20. The fourth-order valence-electron chi connectivity index (χ4n) is 1.73. The van der Waals surface area contributed by atoms with Crippen LogP contribution < -0.4 is 4.72 Å². The van der Waals surface area contributed by atoms with Crippen molar-refractivity contribution < 1.29 is 8.42 Å². The van der Waals surface area contributed by atoms with Crippen molar-refractivity contribution in [1.29, 1.82) is 0 Å². The van der Waals surface area contributed by atoms with E-state index < -0.39 is 10.0 Å². The van der Waals surface area contributed by atoms with Crippen molar-refractivity contribution in [1.82, 2.24) is 15.0 Å². The lowest BCUT2D eigenvalue weighted by Crippen LogP contribution is -2.18. The summed E-state index contributed by atoms with van der Waals surface area (Å²) in [5.74, 6) is 0. The molecular formula is C11H13BrN4O2S. The SMILES string of the molecule is CCc1ccccc1NS(=O)(=O)c1c(Br)nnn1C. The summed E-state index contributed by atoms with van der Waals surface area (Å²) in [5, 5.41) is 7.34. The van der Waals surface area contributed by atoms with Gasteiger partial charge in [-0.2, -0.15) is 8.42 Å². The van der Waals surface area contributed by atoms with E-state index in [0.29, 0.717) is 5.69 Å². The van der Waals surface area contributed by atoms with Crippen molar-refractivity contribution in [2.75, 3.05) is 4.72 Å². The molecule has 2 aromatic rings. The zero-order chi connectivity index (χ0) is 14.0. The summed E-state index contributed by atoms with van der Waals surface area (Å²) in [4.78, 5) is 0. The number of halogens is 1. The molecule has 6 nitrogen and oxygen atoms in total. The predicted molar refractivity (Wildman–Crippen MR) is 75.3 cm³/mol. The normalized spacial score (nSPS) is 11.5. The third-order valence-electron chi connectivity index (χ3n) is 2.63. The van der Waals surface area contributed by atoms with Gasteiger partial charge in [0.15, 0.2) is 4.60 Å². The van der Waals surface area contributed by atoms with E-state index in [9.17, 15) is 8.42 Å². The van der Waals surface area contributed by atoms with Crippen LogP contribution in [0.15, 0.2) is 33.9 Å². The molecule has 0 aliphatic heterocycles. The molecule has 0 amide bonds. The highest BCUT2D eigenvalue weighted by molar-refractivity contribution is 9.10. The lowest BCUT2D eigenvalue weighted by molar-refractivity contribution is 0.578. The number of benzene rings is 1. The van der Waals surface area contributed by atoms with Crippen LogP contribution in [0.4, 0.5) is 5.69 Å². The quantitative estimate of drug-likeness (QED) is 0.919. The van der Waals surface area contributed by atoms with E-state index >= 15 is 0 Å². The number of para-hydroxylation sites is 1. The Hall–Kier alpha value is -1.41. The molecule has 19 heavy (non-hydrogen) atoms. The van der Waals surface area contributed by atoms with Crippen molar-refractivity contribution in [3.05, 3.63) is 34.4 Å². The molecule has 8 heteroatoms. The Morgan fingerprint density at radius 3 is 2.63 bits per heavy atom. The molecule has 2 rings (SSSR count). The maximum absolute atomic E-state index is 12.3. The summed E-state index contributed by atoms with van der Waals surface area (Å²) < 4.78 is 28.6. The van der Waals surface area contributed by atoms with E-state index in [0.717, 1.165) is 12.0 Å². The highest BCUT2D eigenvalue weighted by Gasteiger charge is 2.24. The summed E-state index contributed by atoms with van der Waals surface area (Å²) >= 11 is 3.09. The Morgan fingerprint density at radius 1 is 1.37 bits per heavy atom. The highest BCUT2D eigenvalue weighted by Crippen LogP contribution is 2.23. The predicted octanol–water partition coefficient (Wildman–Crippen LogP) is 1.94. The number of hydrogen-bond acceptors (Lipinski definition) is 4. The molecule has 0 bridgehead atoms. The number of sulfonamides is 1. The van der Waals surface area contributed by atoms with Gasteiger partial charge < -0.3 is 0 Å². The van der Waals surface area contributed by atoms with Crippen molar-refractivity contribution in [2.45, 2.75) is 18.4 Å². The second kappa shape index (κ2) is 5.30. The van der Waals surface area contributed by atoms with Gasteiger partial charge in [0.1, 0.15) is 0 Å². The van der Waals surface area contributed by atoms with E-state index in [-0.39, 0.29) is 9.63 Å². The molecule has 1 aromatic heterocycles. The first-order valence-electron chi connectivity index (χ1n) is 5.61. The molecule has 0 spiro atoms. The standard InChI is InChI=1S/C11H13BrN4O2S/c1-3-8-6-4-5-7-9(8)14-19(17,18)11-10(12)13-15-16(11)2/h4-7,14H,3H2,1-2H3. The molecule has 1 heterocycles. The number of nitrogens with one attached hydrogen (secondary N) is 1. The van der Waals surface area contributed by atoms with Crippen molar-refractivity contribution >= 4 is 31.6 Å². The summed E-state index contributed by atoms with van der Waals surface area (Å²) in [5.41, 5.74) is 1.50. The van der Waals surface area contributed by atoms with Crippen LogP contribution in [-0.4, -0.2) is 23.4 Å². The minimum atomic E-state index is -3.72. The average Bonchev–Trinajstić information content (AvgIpc) is 2.70. The van der Waals surface area contributed by atoms with Gasteiger partial charge in [-0.05, 0) is 34.0 Å². The maximum atomic E-state index is 12.3. The Balaban J connectivity index is 2.43. The van der Waals surface area contributed by atoms with Crippen LogP contribution >= 0.6 is 15.9 Å². The van der Waals surface area contributed by atoms with Gasteiger partial charge in [0.05, 0.1) is 5.69 Å². The number of rotatable bonds is 4. The molecule has 0 fully saturated rings. The third-order valence-corrected chi connectivity index (χ3v) is 4.89. The molecule has 0 atom stereocenters. The van der Waals surface area contributed by atoms with Crippen molar-refractivity contribution in [3.63, 3.8) is 0 Å². The van der Waals surface area contributed by atoms with Gasteiger partial charge in [-0.15, -0.1) is 5.10 Å².